The van der Waals surface area contributed by atoms with Crippen LogP contribution in [0.4, 0.5) is 11.8 Å². The van der Waals surface area contributed by atoms with Gasteiger partial charge in [-0.15, -0.1) is 0 Å². The van der Waals surface area contributed by atoms with E-state index in [0.29, 0.717) is 17.0 Å². The van der Waals surface area contributed by atoms with Gasteiger partial charge in [0.25, 0.3) is 0 Å². The summed E-state index contributed by atoms with van der Waals surface area (Å²) in [4.78, 5) is 10.9. The first-order valence-corrected chi connectivity index (χ1v) is 6.17. The Morgan fingerprint density at radius 1 is 1.50 bits per heavy atom. The van der Waals surface area contributed by atoms with Crippen molar-refractivity contribution >= 4 is 23.4 Å². The summed E-state index contributed by atoms with van der Waals surface area (Å²) < 4.78 is 0. The summed E-state index contributed by atoms with van der Waals surface area (Å²) in [6, 6.07) is 0.617. The van der Waals surface area contributed by atoms with E-state index in [0.717, 1.165) is 18.9 Å². The summed E-state index contributed by atoms with van der Waals surface area (Å²) >= 11 is 6.15. The van der Waals surface area contributed by atoms with Crippen molar-refractivity contribution in [2.24, 2.45) is 0 Å². The number of hydrogen-bond donors (Lipinski definition) is 1. The van der Waals surface area contributed by atoms with Crippen molar-refractivity contribution < 1.29 is 0 Å². The molecule has 0 atom stereocenters. The number of aromatic nitrogens is 2. The molecule has 16 heavy (non-hydrogen) atoms. The second kappa shape index (κ2) is 4.87. The Bertz CT molecular complexity index is 365. The predicted molar refractivity (Wildman–Crippen MR) is 67.2 cm³/mol. The maximum atomic E-state index is 6.15. The normalized spacial score (nSPS) is 14.9. The van der Waals surface area contributed by atoms with Gasteiger partial charge in [0.15, 0.2) is 5.82 Å². The third-order valence-corrected chi connectivity index (χ3v) is 2.93. The lowest BCUT2D eigenvalue weighted by Gasteiger charge is -2.22. The molecule has 0 aliphatic heterocycles. The first kappa shape index (κ1) is 11.5. The van der Waals surface area contributed by atoms with Gasteiger partial charge in [-0.05, 0) is 26.7 Å². The molecule has 1 aromatic heterocycles. The average Bonchev–Trinajstić information content (AvgIpc) is 3.08. The third-order valence-electron chi connectivity index (χ3n) is 2.66. The van der Waals surface area contributed by atoms with Crippen LogP contribution in [-0.2, 0) is 0 Å². The van der Waals surface area contributed by atoms with Crippen LogP contribution in [0.5, 0.6) is 0 Å². The summed E-state index contributed by atoms with van der Waals surface area (Å²) in [5, 5.41) is 3.74. The van der Waals surface area contributed by atoms with E-state index in [-0.39, 0.29) is 0 Å². The molecule has 0 unspecified atom stereocenters. The van der Waals surface area contributed by atoms with E-state index in [1.54, 1.807) is 6.20 Å². The van der Waals surface area contributed by atoms with Crippen LogP contribution < -0.4 is 10.2 Å². The molecule has 0 spiro atoms. The van der Waals surface area contributed by atoms with Crippen molar-refractivity contribution in [1.29, 1.82) is 0 Å². The van der Waals surface area contributed by atoms with Crippen molar-refractivity contribution in [3.05, 3.63) is 11.2 Å². The van der Waals surface area contributed by atoms with Crippen molar-refractivity contribution in [2.75, 3.05) is 23.3 Å². The fraction of sp³-hybridized carbons (Fsp3) is 0.636. The Labute approximate surface area is 101 Å². The maximum absolute atomic E-state index is 6.15. The minimum atomic E-state index is 0.617. The first-order valence-electron chi connectivity index (χ1n) is 5.79. The summed E-state index contributed by atoms with van der Waals surface area (Å²) in [7, 11) is 0. The van der Waals surface area contributed by atoms with Crippen molar-refractivity contribution in [2.45, 2.75) is 32.7 Å². The zero-order valence-corrected chi connectivity index (χ0v) is 10.5. The minimum absolute atomic E-state index is 0.617. The highest BCUT2D eigenvalue weighted by molar-refractivity contribution is 6.32. The molecule has 1 heterocycles. The van der Waals surface area contributed by atoms with Crippen LogP contribution in [0.1, 0.15) is 26.7 Å². The molecule has 1 aliphatic carbocycles. The standard InChI is InChI=1S/C11H17ClN4/c1-3-13-11-14-7-9(12)10(15-11)16(4-2)8-5-6-8/h7-8H,3-6H2,1-2H3,(H,13,14,15). The van der Waals surface area contributed by atoms with Crippen LogP contribution in [-0.4, -0.2) is 29.1 Å². The highest BCUT2D eigenvalue weighted by Crippen LogP contribution is 2.34. The van der Waals surface area contributed by atoms with Crippen LogP contribution >= 0.6 is 11.6 Å². The van der Waals surface area contributed by atoms with Gasteiger partial charge in [0.1, 0.15) is 5.02 Å². The van der Waals surface area contributed by atoms with Gasteiger partial charge >= 0.3 is 0 Å². The van der Waals surface area contributed by atoms with E-state index in [4.69, 9.17) is 11.6 Å². The molecule has 0 amide bonds. The lowest BCUT2D eigenvalue weighted by molar-refractivity contribution is 0.805. The van der Waals surface area contributed by atoms with Crippen LogP contribution in [0.2, 0.25) is 5.02 Å². The summed E-state index contributed by atoms with van der Waals surface area (Å²) in [6.45, 7) is 5.91. The highest BCUT2D eigenvalue weighted by Gasteiger charge is 2.30. The predicted octanol–water partition coefficient (Wildman–Crippen LogP) is 2.55. The molecule has 2 rings (SSSR count). The van der Waals surface area contributed by atoms with Gasteiger partial charge in [0, 0.05) is 19.1 Å². The van der Waals surface area contributed by atoms with E-state index in [2.05, 4.69) is 27.1 Å². The number of nitrogens with zero attached hydrogens (tertiary/aromatic N) is 3. The number of nitrogens with one attached hydrogen (secondary N) is 1. The topological polar surface area (TPSA) is 41.1 Å². The van der Waals surface area contributed by atoms with Gasteiger partial charge in [-0.3, -0.25) is 0 Å². The van der Waals surface area contributed by atoms with Crippen LogP contribution in [0.25, 0.3) is 0 Å². The Morgan fingerprint density at radius 2 is 2.25 bits per heavy atom. The van der Waals surface area contributed by atoms with Gasteiger partial charge in [0.05, 0.1) is 6.20 Å². The van der Waals surface area contributed by atoms with E-state index in [1.807, 2.05) is 6.92 Å². The molecule has 88 valence electrons. The molecular weight excluding hydrogens is 224 g/mol. The van der Waals surface area contributed by atoms with Gasteiger partial charge in [-0.1, -0.05) is 11.6 Å². The second-order valence-corrected chi connectivity index (χ2v) is 4.32. The molecule has 0 bridgehead atoms. The van der Waals surface area contributed by atoms with Crippen molar-refractivity contribution in [3.8, 4) is 0 Å². The van der Waals surface area contributed by atoms with E-state index in [1.165, 1.54) is 12.8 Å². The van der Waals surface area contributed by atoms with E-state index in [9.17, 15) is 0 Å². The molecule has 0 radical (unpaired) electrons. The molecule has 5 heteroatoms. The zero-order valence-electron chi connectivity index (χ0n) is 9.70. The fourth-order valence-electron chi connectivity index (χ4n) is 1.77. The quantitative estimate of drug-likeness (QED) is 0.859. The van der Waals surface area contributed by atoms with Gasteiger partial charge in [-0.2, -0.15) is 4.98 Å². The molecule has 1 saturated carbocycles. The first-order chi connectivity index (χ1) is 7.76. The molecule has 0 aromatic carbocycles. The number of halogens is 1. The van der Waals surface area contributed by atoms with Crippen molar-refractivity contribution in [3.63, 3.8) is 0 Å². The molecule has 1 fully saturated rings. The fourth-order valence-corrected chi connectivity index (χ4v) is 1.97. The average molecular weight is 241 g/mol. The SMILES string of the molecule is CCNc1ncc(Cl)c(N(CC)C2CC2)n1. The molecule has 1 aliphatic rings. The Hall–Kier alpha value is -1.03. The largest absolute Gasteiger partial charge is 0.354 e. The molecule has 1 aromatic rings. The molecule has 0 saturated heterocycles. The zero-order chi connectivity index (χ0) is 11.5. The Morgan fingerprint density at radius 3 is 2.81 bits per heavy atom. The third kappa shape index (κ3) is 2.38. The van der Waals surface area contributed by atoms with Gasteiger partial charge in [-0.25, -0.2) is 4.98 Å². The molecular formula is C11H17ClN4. The molecule has 4 nitrogen and oxygen atoms in total. The van der Waals surface area contributed by atoms with Crippen LogP contribution in [0, 0.1) is 0 Å². The summed E-state index contributed by atoms with van der Waals surface area (Å²) in [5.74, 6) is 1.51. The van der Waals surface area contributed by atoms with E-state index < -0.39 is 0 Å². The van der Waals surface area contributed by atoms with E-state index >= 15 is 0 Å². The monoisotopic (exact) mass is 240 g/mol. The van der Waals surface area contributed by atoms with Crippen LogP contribution in [0.3, 0.4) is 0 Å². The number of rotatable bonds is 5. The highest BCUT2D eigenvalue weighted by atomic mass is 35.5. The van der Waals surface area contributed by atoms with Gasteiger partial charge in [0.2, 0.25) is 5.95 Å². The minimum Gasteiger partial charge on any atom is -0.354 e. The molecule has 1 N–H and O–H groups in total. The Kier molecular flexibility index (Phi) is 3.49. The van der Waals surface area contributed by atoms with Gasteiger partial charge < -0.3 is 10.2 Å². The summed E-state index contributed by atoms with van der Waals surface area (Å²) in [6.07, 6.45) is 4.16. The lowest BCUT2D eigenvalue weighted by atomic mass is 10.4. The summed E-state index contributed by atoms with van der Waals surface area (Å²) in [5.41, 5.74) is 0. The Balaban J connectivity index is 2.25. The number of anilines is 2. The smallest absolute Gasteiger partial charge is 0.224 e. The van der Waals surface area contributed by atoms with Crippen molar-refractivity contribution in [1.82, 2.24) is 9.97 Å². The maximum Gasteiger partial charge on any atom is 0.224 e. The van der Waals surface area contributed by atoms with Crippen LogP contribution in [0.15, 0.2) is 6.20 Å². The lowest BCUT2D eigenvalue weighted by Crippen LogP contribution is -2.26. The number of hydrogen-bond acceptors (Lipinski definition) is 4. The second-order valence-electron chi connectivity index (χ2n) is 3.91.